The first kappa shape index (κ1) is 19.1. The lowest BCUT2D eigenvalue weighted by atomic mass is 10.0. The van der Waals surface area contributed by atoms with E-state index in [-0.39, 0.29) is 23.8 Å². The fourth-order valence-corrected chi connectivity index (χ4v) is 3.23. The normalized spacial score (nSPS) is 10.7. The van der Waals surface area contributed by atoms with E-state index in [1.165, 1.54) is 12.1 Å². The van der Waals surface area contributed by atoms with Crippen molar-refractivity contribution in [1.29, 1.82) is 0 Å². The van der Waals surface area contributed by atoms with Crippen LogP contribution in [0.3, 0.4) is 0 Å². The highest BCUT2D eigenvalue weighted by Crippen LogP contribution is 2.30. The Bertz CT molecular complexity index is 1250. The first-order chi connectivity index (χ1) is 14.5. The molecule has 1 heterocycles. The molecule has 0 atom stereocenters. The second kappa shape index (κ2) is 8.05. The molecule has 0 fully saturated rings. The Balaban J connectivity index is 1.53. The number of hydrogen-bond acceptors (Lipinski definition) is 4. The summed E-state index contributed by atoms with van der Waals surface area (Å²) in [6.45, 7) is 0.283. The van der Waals surface area contributed by atoms with Crippen LogP contribution in [0.2, 0.25) is 0 Å². The Morgan fingerprint density at radius 1 is 0.867 bits per heavy atom. The van der Waals surface area contributed by atoms with Gasteiger partial charge in [0.25, 0.3) is 5.91 Å². The average Bonchev–Trinajstić information content (AvgIpc) is 2.78. The van der Waals surface area contributed by atoms with Crippen molar-refractivity contribution in [3.8, 4) is 16.9 Å². The maximum absolute atomic E-state index is 12.6. The van der Waals surface area contributed by atoms with E-state index in [1.807, 2.05) is 18.2 Å². The maximum Gasteiger partial charge on any atom is 0.335 e. The Hall–Kier alpha value is -4.19. The van der Waals surface area contributed by atoms with E-state index in [1.54, 1.807) is 48.7 Å². The van der Waals surface area contributed by atoms with Crippen LogP contribution in [0.1, 0.15) is 26.3 Å². The first-order valence-corrected chi connectivity index (χ1v) is 9.30. The number of nitrogens with zero attached hydrogens (tertiary/aromatic N) is 1. The fraction of sp³-hybridized carbons (Fsp3) is 0.0417. The van der Waals surface area contributed by atoms with Crippen LogP contribution in [0.15, 0.2) is 79.0 Å². The van der Waals surface area contributed by atoms with E-state index in [9.17, 15) is 14.7 Å². The molecular weight excluding hydrogens is 380 g/mol. The van der Waals surface area contributed by atoms with E-state index in [4.69, 9.17) is 5.11 Å². The molecule has 0 aliphatic heterocycles. The molecule has 0 aliphatic rings. The number of rotatable bonds is 5. The number of nitrogens with one attached hydrogen (secondary N) is 1. The van der Waals surface area contributed by atoms with E-state index >= 15 is 0 Å². The number of carbonyl (C=O) groups is 2. The van der Waals surface area contributed by atoms with Gasteiger partial charge >= 0.3 is 5.97 Å². The number of carboxylic acids is 1. The molecule has 4 rings (SSSR count). The second-order valence-corrected chi connectivity index (χ2v) is 6.84. The van der Waals surface area contributed by atoms with Crippen molar-refractivity contribution in [3.63, 3.8) is 0 Å². The van der Waals surface area contributed by atoms with Gasteiger partial charge in [-0.1, -0.05) is 30.3 Å². The summed E-state index contributed by atoms with van der Waals surface area (Å²) in [5, 5.41) is 22.9. The van der Waals surface area contributed by atoms with Crippen LogP contribution >= 0.6 is 0 Å². The minimum absolute atomic E-state index is 0.0859. The summed E-state index contributed by atoms with van der Waals surface area (Å²) in [6.07, 6.45) is 1.63. The monoisotopic (exact) mass is 398 g/mol. The standard InChI is InChI=1S/C24H18N2O4/c27-21-13-20(12-18-5-2-10-25-22(18)21)17-3-1-4-19(11-17)23(28)26-14-15-6-8-16(9-7-15)24(29)30/h1-13,27H,14H2,(H,26,28)(H,29,30). The van der Waals surface area contributed by atoms with E-state index in [2.05, 4.69) is 10.3 Å². The van der Waals surface area contributed by atoms with Crippen molar-refractivity contribution < 1.29 is 19.8 Å². The predicted molar refractivity (Wildman–Crippen MR) is 113 cm³/mol. The molecule has 0 radical (unpaired) electrons. The second-order valence-electron chi connectivity index (χ2n) is 6.84. The maximum atomic E-state index is 12.6. The molecule has 148 valence electrons. The van der Waals surface area contributed by atoms with Crippen molar-refractivity contribution >= 4 is 22.8 Å². The van der Waals surface area contributed by atoms with Gasteiger partial charge in [-0.15, -0.1) is 0 Å². The number of aromatic nitrogens is 1. The summed E-state index contributed by atoms with van der Waals surface area (Å²) < 4.78 is 0. The summed E-state index contributed by atoms with van der Waals surface area (Å²) in [4.78, 5) is 27.7. The quantitative estimate of drug-likeness (QED) is 0.467. The van der Waals surface area contributed by atoms with Crippen LogP contribution in [0.5, 0.6) is 5.75 Å². The molecule has 0 saturated carbocycles. The number of hydrogen-bond donors (Lipinski definition) is 3. The van der Waals surface area contributed by atoms with Gasteiger partial charge in [0, 0.05) is 23.7 Å². The zero-order valence-electron chi connectivity index (χ0n) is 15.9. The molecule has 0 saturated heterocycles. The molecule has 4 aromatic rings. The largest absolute Gasteiger partial charge is 0.506 e. The van der Waals surface area contributed by atoms with Gasteiger partial charge in [0.15, 0.2) is 0 Å². The van der Waals surface area contributed by atoms with Gasteiger partial charge in [-0.25, -0.2) is 4.79 Å². The molecule has 6 nitrogen and oxygen atoms in total. The number of carbonyl (C=O) groups excluding carboxylic acids is 1. The lowest BCUT2D eigenvalue weighted by Gasteiger charge is -2.09. The van der Waals surface area contributed by atoms with Gasteiger partial charge in [-0.05, 0) is 59.2 Å². The third-order valence-electron chi connectivity index (χ3n) is 4.80. The lowest BCUT2D eigenvalue weighted by molar-refractivity contribution is 0.0696. The van der Waals surface area contributed by atoms with Crippen molar-refractivity contribution in [2.45, 2.75) is 6.54 Å². The van der Waals surface area contributed by atoms with Crippen molar-refractivity contribution in [3.05, 3.63) is 95.7 Å². The number of amides is 1. The van der Waals surface area contributed by atoms with E-state index in [0.717, 1.165) is 22.1 Å². The molecule has 3 aromatic carbocycles. The zero-order valence-corrected chi connectivity index (χ0v) is 15.9. The summed E-state index contributed by atoms with van der Waals surface area (Å²) in [7, 11) is 0. The number of benzene rings is 3. The zero-order chi connectivity index (χ0) is 21.1. The lowest BCUT2D eigenvalue weighted by Crippen LogP contribution is -2.22. The van der Waals surface area contributed by atoms with Gasteiger partial charge in [0.2, 0.25) is 0 Å². The molecular formula is C24H18N2O4. The molecule has 1 aromatic heterocycles. The van der Waals surface area contributed by atoms with Crippen LogP contribution in [0.25, 0.3) is 22.0 Å². The number of phenolic OH excluding ortho intramolecular Hbond substituents is 1. The summed E-state index contributed by atoms with van der Waals surface area (Å²) in [6, 6.07) is 20.7. The Kier molecular flexibility index (Phi) is 5.13. The minimum Gasteiger partial charge on any atom is -0.506 e. The van der Waals surface area contributed by atoms with Gasteiger partial charge < -0.3 is 15.5 Å². The molecule has 0 spiro atoms. The van der Waals surface area contributed by atoms with Gasteiger partial charge in [-0.2, -0.15) is 0 Å². The number of pyridine rings is 1. The first-order valence-electron chi connectivity index (χ1n) is 9.30. The average molecular weight is 398 g/mol. The molecule has 30 heavy (non-hydrogen) atoms. The molecule has 0 bridgehead atoms. The molecule has 3 N–H and O–H groups in total. The van der Waals surface area contributed by atoms with Crippen molar-refractivity contribution in [1.82, 2.24) is 10.3 Å². The Morgan fingerprint density at radius 2 is 1.67 bits per heavy atom. The fourth-order valence-electron chi connectivity index (χ4n) is 3.23. The van der Waals surface area contributed by atoms with E-state index in [0.29, 0.717) is 11.1 Å². The summed E-state index contributed by atoms with van der Waals surface area (Å²) in [5.41, 5.74) is 3.61. The van der Waals surface area contributed by atoms with Crippen molar-refractivity contribution in [2.75, 3.05) is 0 Å². The third kappa shape index (κ3) is 3.98. The van der Waals surface area contributed by atoms with Gasteiger partial charge in [0.1, 0.15) is 11.3 Å². The molecule has 6 heteroatoms. The highest BCUT2D eigenvalue weighted by Gasteiger charge is 2.10. The molecule has 0 unspecified atom stereocenters. The molecule has 1 amide bonds. The Labute approximate surface area is 172 Å². The minimum atomic E-state index is -0.988. The highest BCUT2D eigenvalue weighted by atomic mass is 16.4. The topological polar surface area (TPSA) is 99.5 Å². The van der Waals surface area contributed by atoms with Crippen molar-refractivity contribution in [2.24, 2.45) is 0 Å². The SMILES string of the molecule is O=C(O)c1ccc(CNC(=O)c2cccc(-c3cc(O)c4ncccc4c3)c2)cc1. The van der Waals surface area contributed by atoms with Crippen LogP contribution in [0.4, 0.5) is 0 Å². The molecule has 0 aliphatic carbocycles. The summed E-state index contributed by atoms with van der Waals surface area (Å²) >= 11 is 0. The van der Waals surface area contributed by atoms with Gasteiger partial charge in [-0.3, -0.25) is 9.78 Å². The third-order valence-corrected chi connectivity index (χ3v) is 4.80. The van der Waals surface area contributed by atoms with E-state index < -0.39 is 5.97 Å². The Morgan fingerprint density at radius 3 is 2.43 bits per heavy atom. The number of carboxylic acid groups (broad SMARTS) is 1. The van der Waals surface area contributed by atoms with Crippen LogP contribution < -0.4 is 5.32 Å². The number of fused-ring (bicyclic) bond motifs is 1. The smallest absolute Gasteiger partial charge is 0.335 e. The van der Waals surface area contributed by atoms with Crippen LogP contribution in [0, 0.1) is 0 Å². The highest BCUT2D eigenvalue weighted by molar-refractivity contribution is 5.96. The van der Waals surface area contributed by atoms with Crippen LogP contribution in [-0.4, -0.2) is 27.1 Å². The predicted octanol–water partition coefficient (Wildman–Crippen LogP) is 4.24. The number of phenols is 1. The number of aromatic hydroxyl groups is 1. The summed E-state index contributed by atoms with van der Waals surface area (Å²) in [5.74, 6) is -1.15. The van der Waals surface area contributed by atoms with Crippen LogP contribution in [-0.2, 0) is 6.54 Å². The van der Waals surface area contributed by atoms with Gasteiger partial charge in [0.05, 0.1) is 5.56 Å². The number of aromatic carboxylic acids is 1.